The third-order valence-corrected chi connectivity index (χ3v) is 4.22. The highest BCUT2D eigenvalue weighted by molar-refractivity contribution is 5.96. The minimum atomic E-state index is -0.853. The van der Waals surface area contributed by atoms with Crippen LogP contribution in [-0.4, -0.2) is 11.1 Å². The Labute approximate surface area is 139 Å². The zero-order valence-corrected chi connectivity index (χ0v) is 13.9. The molecule has 122 valence electrons. The molecule has 0 spiro atoms. The van der Waals surface area contributed by atoms with Gasteiger partial charge in [0.15, 0.2) is 0 Å². The van der Waals surface area contributed by atoms with Gasteiger partial charge < -0.3 is 5.11 Å². The molecule has 0 atom stereocenters. The van der Waals surface area contributed by atoms with Crippen LogP contribution in [0.4, 0.5) is 0 Å². The molecule has 2 rings (SSSR count). The van der Waals surface area contributed by atoms with Crippen molar-refractivity contribution < 1.29 is 9.90 Å². The Morgan fingerprint density at radius 2 is 1.61 bits per heavy atom. The van der Waals surface area contributed by atoms with Gasteiger partial charge in [-0.2, -0.15) is 0 Å². The number of hydrogen-bond acceptors (Lipinski definition) is 1. The van der Waals surface area contributed by atoms with E-state index in [2.05, 4.69) is 13.0 Å². The largest absolute Gasteiger partial charge is 0.478 e. The molecule has 0 heterocycles. The molecule has 0 saturated heterocycles. The molecule has 0 aliphatic carbocycles. The van der Waals surface area contributed by atoms with Gasteiger partial charge in [-0.05, 0) is 35.6 Å². The maximum Gasteiger partial charge on any atom is 0.336 e. The standard InChI is InChI=1S/C21H26O2/c1-2-3-4-5-6-8-11-17-14-15-19(20(16-17)21(22)23)18-12-9-7-10-13-18/h7,9-10,12-16H,2-6,8,11H2,1H3,(H,22,23). The molecule has 0 unspecified atom stereocenters. The number of carboxylic acid groups (broad SMARTS) is 1. The molecule has 0 fully saturated rings. The summed E-state index contributed by atoms with van der Waals surface area (Å²) in [6.07, 6.45) is 8.49. The molecule has 2 aromatic carbocycles. The quantitative estimate of drug-likeness (QED) is 0.581. The molecule has 0 radical (unpaired) electrons. The Kier molecular flexibility index (Phi) is 6.86. The number of rotatable bonds is 9. The molecular formula is C21H26O2. The van der Waals surface area contributed by atoms with E-state index in [-0.39, 0.29) is 0 Å². The topological polar surface area (TPSA) is 37.3 Å². The van der Waals surface area contributed by atoms with Crippen LogP contribution in [0.3, 0.4) is 0 Å². The van der Waals surface area contributed by atoms with Crippen molar-refractivity contribution in [3.05, 3.63) is 59.7 Å². The van der Waals surface area contributed by atoms with Gasteiger partial charge in [-0.3, -0.25) is 0 Å². The van der Waals surface area contributed by atoms with Gasteiger partial charge in [-0.25, -0.2) is 4.79 Å². The van der Waals surface area contributed by atoms with Gasteiger partial charge >= 0.3 is 5.97 Å². The van der Waals surface area contributed by atoms with Crippen molar-refractivity contribution in [3.8, 4) is 11.1 Å². The average molecular weight is 310 g/mol. The van der Waals surface area contributed by atoms with Crippen LogP contribution in [0.5, 0.6) is 0 Å². The van der Waals surface area contributed by atoms with Gasteiger partial charge in [0.05, 0.1) is 5.56 Å². The summed E-state index contributed by atoms with van der Waals surface area (Å²) in [6.45, 7) is 2.22. The number of carbonyl (C=O) groups is 1. The predicted molar refractivity (Wildman–Crippen MR) is 95.9 cm³/mol. The molecular weight excluding hydrogens is 284 g/mol. The average Bonchev–Trinajstić information content (AvgIpc) is 2.58. The maximum absolute atomic E-state index is 11.6. The summed E-state index contributed by atoms with van der Waals surface area (Å²) in [5.74, 6) is -0.853. The summed E-state index contributed by atoms with van der Waals surface area (Å²) < 4.78 is 0. The first-order valence-corrected chi connectivity index (χ1v) is 8.64. The van der Waals surface area contributed by atoms with E-state index in [1.54, 1.807) is 0 Å². The highest BCUT2D eigenvalue weighted by Crippen LogP contribution is 2.25. The molecule has 23 heavy (non-hydrogen) atoms. The fourth-order valence-corrected chi connectivity index (χ4v) is 2.90. The molecule has 0 saturated carbocycles. The van der Waals surface area contributed by atoms with Gasteiger partial charge in [-0.1, -0.05) is 81.5 Å². The second-order valence-electron chi connectivity index (χ2n) is 6.07. The Balaban J connectivity index is 2.03. The van der Waals surface area contributed by atoms with Crippen molar-refractivity contribution in [2.24, 2.45) is 0 Å². The Morgan fingerprint density at radius 3 is 2.30 bits per heavy atom. The smallest absolute Gasteiger partial charge is 0.336 e. The van der Waals surface area contributed by atoms with E-state index in [0.29, 0.717) is 5.56 Å². The number of hydrogen-bond donors (Lipinski definition) is 1. The fraction of sp³-hybridized carbons (Fsp3) is 0.381. The van der Waals surface area contributed by atoms with E-state index >= 15 is 0 Å². The van der Waals surface area contributed by atoms with Crippen molar-refractivity contribution in [2.75, 3.05) is 0 Å². The van der Waals surface area contributed by atoms with Crippen LogP contribution in [0.15, 0.2) is 48.5 Å². The number of aryl methyl sites for hydroxylation is 1. The second-order valence-corrected chi connectivity index (χ2v) is 6.07. The van der Waals surface area contributed by atoms with Crippen molar-refractivity contribution in [2.45, 2.75) is 51.9 Å². The van der Waals surface area contributed by atoms with Crippen LogP contribution in [0, 0.1) is 0 Å². The lowest BCUT2D eigenvalue weighted by atomic mass is 9.95. The zero-order valence-electron chi connectivity index (χ0n) is 13.9. The lowest BCUT2D eigenvalue weighted by molar-refractivity contribution is 0.0697. The fourth-order valence-electron chi connectivity index (χ4n) is 2.90. The molecule has 2 nitrogen and oxygen atoms in total. The van der Waals surface area contributed by atoms with Crippen LogP contribution < -0.4 is 0 Å². The van der Waals surface area contributed by atoms with Crippen LogP contribution in [-0.2, 0) is 6.42 Å². The zero-order chi connectivity index (χ0) is 16.5. The van der Waals surface area contributed by atoms with Gasteiger partial charge in [0.2, 0.25) is 0 Å². The SMILES string of the molecule is CCCCCCCCc1ccc(-c2ccccc2)c(C(=O)O)c1. The van der Waals surface area contributed by atoms with Gasteiger partial charge in [0.1, 0.15) is 0 Å². The van der Waals surface area contributed by atoms with Crippen molar-refractivity contribution in [3.63, 3.8) is 0 Å². The summed E-state index contributed by atoms with van der Waals surface area (Å²) in [5.41, 5.74) is 3.28. The summed E-state index contributed by atoms with van der Waals surface area (Å²) in [4.78, 5) is 11.6. The van der Waals surface area contributed by atoms with Gasteiger partial charge in [0.25, 0.3) is 0 Å². The first-order chi connectivity index (χ1) is 11.2. The second kappa shape index (κ2) is 9.14. The Morgan fingerprint density at radius 1 is 0.913 bits per heavy atom. The molecule has 0 amide bonds. The number of aromatic carboxylic acids is 1. The molecule has 1 N–H and O–H groups in total. The lowest BCUT2D eigenvalue weighted by Gasteiger charge is -2.09. The molecule has 0 aromatic heterocycles. The predicted octanol–water partition coefficient (Wildman–Crippen LogP) is 5.95. The minimum absolute atomic E-state index is 0.402. The van der Waals surface area contributed by atoms with Crippen molar-refractivity contribution in [1.82, 2.24) is 0 Å². The first-order valence-electron chi connectivity index (χ1n) is 8.64. The summed E-state index contributed by atoms with van der Waals surface area (Å²) in [7, 11) is 0. The summed E-state index contributed by atoms with van der Waals surface area (Å²) in [5, 5.41) is 9.52. The first kappa shape index (κ1) is 17.3. The van der Waals surface area contributed by atoms with Gasteiger partial charge in [-0.15, -0.1) is 0 Å². The van der Waals surface area contributed by atoms with E-state index in [1.807, 2.05) is 42.5 Å². The summed E-state index contributed by atoms with van der Waals surface area (Å²) >= 11 is 0. The van der Waals surface area contributed by atoms with E-state index < -0.39 is 5.97 Å². The van der Waals surface area contributed by atoms with Crippen LogP contribution >= 0.6 is 0 Å². The third-order valence-electron chi connectivity index (χ3n) is 4.22. The monoisotopic (exact) mass is 310 g/mol. The lowest BCUT2D eigenvalue weighted by Crippen LogP contribution is -2.01. The van der Waals surface area contributed by atoms with Crippen LogP contribution in [0.1, 0.15) is 61.4 Å². The maximum atomic E-state index is 11.6. The molecule has 2 heteroatoms. The van der Waals surface area contributed by atoms with E-state index in [9.17, 15) is 9.90 Å². The normalized spacial score (nSPS) is 10.7. The third kappa shape index (κ3) is 5.24. The number of carboxylic acids is 1. The van der Waals surface area contributed by atoms with Crippen molar-refractivity contribution >= 4 is 5.97 Å². The van der Waals surface area contributed by atoms with E-state index in [1.165, 1.54) is 32.1 Å². The number of benzene rings is 2. The molecule has 2 aromatic rings. The number of unbranched alkanes of at least 4 members (excludes halogenated alkanes) is 5. The van der Waals surface area contributed by atoms with Crippen molar-refractivity contribution in [1.29, 1.82) is 0 Å². The molecule has 0 aliphatic heterocycles. The highest BCUT2D eigenvalue weighted by atomic mass is 16.4. The summed E-state index contributed by atoms with van der Waals surface area (Å²) in [6, 6.07) is 15.6. The molecule has 0 aliphatic rings. The Bertz CT molecular complexity index is 617. The molecule has 0 bridgehead atoms. The van der Waals surface area contributed by atoms with Crippen LogP contribution in [0.2, 0.25) is 0 Å². The minimum Gasteiger partial charge on any atom is -0.478 e. The Hall–Kier alpha value is -2.09. The van der Waals surface area contributed by atoms with E-state index in [0.717, 1.165) is 29.5 Å². The van der Waals surface area contributed by atoms with Gasteiger partial charge in [0, 0.05) is 0 Å². The van der Waals surface area contributed by atoms with Crippen LogP contribution in [0.25, 0.3) is 11.1 Å². The highest BCUT2D eigenvalue weighted by Gasteiger charge is 2.12. The van der Waals surface area contributed by atoms with E-state index in [4.69, 9.17) is 0 Å².